The van der Waals surface area contributed by atoms with Gasteiger partial charge < -0.3 is 40.6 Å². The number of fused-ring (bicyclic) bond motifs is 1. The zero-order valence-electron chi connectivity index (χ0n) is 35.2. The fraction of sp³-hybridized carbons (Fsp3) is 0.595. The van der Waals surface area contributed by atoms with E-state index in [9.17, 15) is 19.3 Å². The van der Waals surface area contributed by atoms with Gasteiger partial charge in [0, 0.05) is 55.3 Å². The van der Waals surface area contributed by atoms with Gasteiger partial charge in [0.05, 0.1) is 24.0 Å². The number of nitrogens with zero attached hydrogens (tertiary/aromatic N) is 2. The summed E-state index contributed by atoms with van der Waals surface area (Å²) in [5.74, 6) is 1.35. The highest BCUT2D eigenvalue weighted by Crippen LogP contribution is 2.57. The molecule has 3 aliphatic rings. The molecule has 0 spiro atoms. The Morgan fingerprint density at radius 2 is 1.81 bits per heavy atom. The molecule has 5 atom stereocenters. The van der Waals surface area contributed by atoms with Gasteiger partial charge in [0.15, 0.2) is 10.6 Å². The van der Waals surface area contributed by atoms with E-state index in [4.69, 9.17) is 14.3 Å². The number of aromatic nitrogens is 2. The number of aromatic amines is 1. The number of carbonyl (C=O) groups is 3. The molecule has 2 aliphatic carbocycles. The molecule has 3 aromatic rings. The van der Waals surface area contributed by atoms with Gasteiger partial charge in [-0.25, -0.2) is 9.78 Å². The van der Waals surface area contributed by atoms with Crippen molar-refractivity contribution in [3.63, 3.8) is 0 Å². The molecule has 1 aliphatic heterocycles. The SMILES string of the molecule is C=CC1CC1P(O)C(C)C.CC1CCCN1C(=O)[C@@H](NC(=O)OC1CCCC1)C(C)(C)C.COc1ccc2c(=O)cc(-c3csc(NC(C)C)n3)[nH]c2c1.NC=O. The molecular weight excluding hydrogens is 764 g/mol. The fourth-order valence-corrected chi connectivity index (χ4v) is 9.33. The summed E-state index contributed by atoms with van der Waals surface area (Å²) in [5, 5.41) is 9.50. The molecule has 4 unspecified atom stereocenters. The zero-order valence-corrected chi connectivity index (χ0v) is 36.9. The minimum atomic E-state index is -0.704. The third kappa shape index (κ3) is 14.4. The number of carbonyl (C=O) groups excluding carboxylic acids is 3. The highest BCUT2D eigenvalue weighted by atomic mass is 32.1. The Morgan fingerprint density at radius 1 is 1.14 bits per heavy atom. The standard InChI is InChI=1S/C17H30N2O3.C16H17N3O2S.C8H15OP.CH3NO/c1-12-8-7-11-19(12)15(20)14(17(2,3)4)18-16(21)22-13-9-5-6-10-13;1-9(2)17-16-19-14(8-22-16)13-7-15(20)11-5-4-10(21-3)6-12(11)18-13;1-4-7-5-8(7)10(9)6(2)3;2-1-3/h12-14H,5-11H2,1-4H3,(H,18,21);4-9H,1-3H3,(H,17,19)(H,18,20);4,6-9H,1,5H2,2-3H3;1H,(H2,2,3)/t12?,14-;;;/m1.../s1. The Kier molecular flexibility index (Phi) is 18.5. The lowest BCUT2D eigenvalue weighted by Crippen LogP contribution is -2.55. The van der Waals surface area contributed by atoms with Crippen LogP contribution in [0.5, 0.6) is 5.75 Å². The van der Waals surface area contributed by atoms with Gasteiger partial charge in [-0.1, -0.05) is 40.7 Å². The largest absolute Gasteiger partial charge is 0.497 e. The number of primary amides is 1. The third-order valence-electron chi connectivity index (χ3n) is 9.99. The van der Waals surface area contributed by atoms with E-state index in [1.165, 1.54) is 17.8 Å². The van der Waals surface area contributed by atoms with Crippen LogP contribution in [0.1, 0.15) is 100 Å². The summed E-state index contributed by atoms with van der Waals surface area (Å²) < 4.78 is 10.7. The van der Waals surface area contributed by atoms with E-state index in [2.05, 4.69) is 67.5 Å². The van der Waals surface area contributed by atoms with Crippen LogP contribution in [0.4, 0.5) is 9.93 Å². The number of hydrogen-bond donors (Lipinski definition) is 5. The molecule has 2 saturated carbocycles. The van der Waals surface area contributed by atoms with Gasteiger partial charge in [-0.3, -0.25) is 14.4 Å². The van der Waals surface area contributed by atoms with Crippen molar-refractivity contribution in [2.45, 2.75) is 136 Å². The fourth-order valence-electron chi connectivity index (χ4n) is 6.73. The predicted molar refractivity (Wildman–Crippen MR) is 233 cm³/mol. The summed E-state index contributed by atoms with van der Waals surface area (Å²) in [6.07, 6.45) is 9.13. The molecule has 3 heterocycles. The number of hydrogen-bond acceptors (Lipinski definition) is 10. The number of pyridine rings is 1. The molecule has 3 fully saturated rings. The Balaban J connectivity index is 0.000000235. The number of alkyl carbamates (subject to hydrolysis) is 1. The highest BCUT2D eigenvalue weighted by molar-refractivity contribution is 7.53. The predicted octanol–water partition coefficient (Wildman–Crippen LogP) is 8.02. The number of rotatable bonds is 10. The van der Waals surface area contributed by atoms with Gasteiger partial charge >= 0.3 is 6.09 Å². The van der Waals surface area contributed by atoms with Crippen molar-refractivity contribution < 1.29 is 28.8 Å². The number of benzene rings is 1. The number of ether oxygens (including phenoxy) is 2. The number of methoxy groups -OCH3 is 1. The minimum absolute atomic E-state index is 0.0147. The number of H-pyrrole nitrogens is 1. The first kappa shape index (κ1) is 47.4. The summed E-state index contributed by atoms with van der Waals surface area (Å²) in [7, 11) is 0.901. The molecule has 3 amide bonds. The summed E-state index contributed by atoms with van der Waals surface area (Å²) in [5.41, 5.74) is 7.05. The van der Waals surface area contributed by atoms with E-state index in [-0.39, 0.29) is 35.3 Å². The molecule has 0 radical (unpaired) electrons. The Hall–Kier alpha value is -4.00. The maximum atomic E-state index is 12.8. The normalized spacial score (nSPS) is 19.9. The van der Waals surface area contributed by atoms with Crippen LogP contribution in [0.15, 0.2) is 47.1 Å². The van der Waals surface area contributed by atoms with Gasteiger partial charge in [-0.15, -0.1) is 17.9 Å². The lowest BCUT2D eigenvalue weighted by molar-refractivity contribution is -0.136. The van der Waals surface area contributed by atoms with Crippen LogP contribution in [-0.2, 0) is 14.3 Å². The molecule has 13 nitrogen and oxygen atoms in total. The molecule has 57 heavy (non-hydrogen) atoms. The molecule has 1 aromatic carbocycles. The average Bonchev–Trinajstić information content (AvgIpc) is 3.46. The summed E-state index contributed by atoms with van der Waals surface area (Å²) in [6.45, 7) is 20.8. The number of amides is 3. The second-order valence-corrected chi connectivity index (χ2v) is 19.7. The van der Waals surface area contributed by atoms with Crippen molar-refractivity contribution in [2.24, 2.45) is 17.1 Å². The van der Waals surface area contributed by atoms with Gasteiger partial charge in [0.25, 0.3) is 0 Å². The van der Waals surface area contributed by atoms with Crippen molar-refractivity contribution >= 4 is 53.9 Å². The number of nitrogens with one attached hydrogen (secondary N) is 3. The Bertz CT molecular complexity index is 1820. The zero-order chi connectivity index (χ0) is 42.4. The van der Waals surface area contributed by atoms with E-state index in [0.717, 1.165) is 61.4 Å². The number of allylic oxidation sites excluding steroid dienone is 1. The third-order valence-corrected chi connectivity index (χ3v) is 13.1. The number of nitrogens with two attached hydrogens (primary N) is 1. The van der Waals surface area contributed by atoms with E-state index < -0.39 is 20.3 Å². The van der Waals surface area contributed by atoms with Crippen molar-refractivity contribution in [1.82, 2.24) is 20.2 Å². The quantitative estimate of drug-likeness (QED) is 0.0766. The van der Waals surface area contributed by atoms with E-state index in [0.29, 0.717) is 40.1 Å². The van der Waals surface area contributed by atoms with Gasteiger partial charge in [-0.05, 0) is 94.8 Å². The molecular formula is C42H65N6O7PS. The van der Waals surface area contributed by atoms with Crippen LogP contribution in [0.25, 0.3) is 22.3 Å². The van der Waals surface area contributed by atoms with Gasteiger partial charge in [-0.2, -0.15) is 0 Å². The van der Waals surface area contributed by atoms with Crippen molar-refractivity contribution in [3.05, 3.63) is 52.5 Å². The lowest BCUT2D eigenvalue weighted by atomic mass is 9.85. The highest BCUT2D eigenvalue weighted by Gasteiger charge is 2.41. The van der Waals surface area contributed by atoms with Crippen LogP contribution in [0.2, 0.25) is 0 Å². The summed E-state index contributed by atoms with van der Waals surface area (Å²) in [4.78, 5) is 65.1. The molecule has 2 aromatic heterocycles. The van der Waals surface area contributed by atoms with Gasteiger partial charge in [0.2, 0.25) is 12.3 Å². The molecule has 15 heteroatoms. The minimum Gasteiger partial charge on any atom is -0.497 e. The maximum absolute atomic E-state index is 12.8. The lowest BCUT2D eigenvalue weighted by Gasteiger charge is -2.35. The maximum Gasteiger partial charge on any atom is 0.408 e. The van der Waals surface area contributed by atoms with E-state index in [1.54, 1.807) is 25.3 Å². The number of anilines is 1. The van der Waals surface area contributed by atoms with E-state index >= 15 is 0 Å². The summed E-state index contributed by atoms with van der Waals surface area (Å²) >= 11 is 1.52. The van der Waals surface area contributed by atoms with Crippen LogP contribution in [0, 0.1) is 11.3 Å². The summed E-state index contributed by atoms with van der Waals surface area (Å²) in [6, 6.07) is 6.99. The van der Waals surface area contributed by atoms with Crippen LogP contribution in [0.3, 0.4) is 0 Å². The Morgan fingerprint density at radius 3 is 2.33 bits per heavy atom. The second kappa shape index (κ2) is 22.2. The average molecular weight is 829 g/mol. The molecule has 6 rings (SSSR count). The van der Waals surface area contributed by atoms with Crippen LogP contribution in [-0.4, -0.2) is 87.4 Å². The first-order valence-electron chi connectivity index (χ1n) is 19.9. The monoisotopic (exact) mass is 828 g/mol. The molecule has 0 bridgehead atoms. The van der Waals surface area contributed by atoms with Crippen LogP contribution >= 0.6 is 19.5 Å². The molecule has 6 N–H and O–H groups in total. The van der Waals surface area contributed by atoms with Crippen molar-refractivity contribution in [2.75, 3.05) is 19.0 Å². The first-order chi connectivity index (χ1) is 26.9. The van der Waals surface area contributed by atoms with Crippen LogP contribution < -0.4 is 26.5 Å². The van der Waals surface area contributed by atoms with Crippen molar-refractivity contribution in [3.8, 4) is 17.1 Å². The van der Waals surface area contributed by atoms with Crippen molar-refractivity contribution in [1.29, 1.82) is 0 Å². The van der Waals surface area contributed by atoms with E-state index in [1.807, 2.05) is 43.2 Å². The Labute approximate surface area is 343 Å². The molecule has 1 saturated heterocycles. The first-order valence-corrected chi connectivity index (χ1v) is 22.2. The molecule has 316 valence electrons. The number of thiazole rings is 1. The topological polar surface area (TPSA) is 189 Å². The smallest absolute Gasteiger partial charge is 0.408 e. The van der Waals surface area contributed by atoms with Gasteiger partial charge in [0.1, 0.15) is 17.9 Å². The second-order valence-electron chi connectivity index (χ2n) is 16.4. The number of likely N-dealkylation sites (tertiary alicyclic amines) is 1.